The Morgan fingerprint density at radius 2 is 1.89 bits per heavy atom. The lowest BCUT2D eigenvalue weighted by Crippen LogP contribution is -2.29. The standard InChI is InChI=1S/C15H21NO2/c1-10-8-13-14(18-15(2,3)17-13)9-11(10)12-6-4-5-7-16-12/h8-9,12,16H,4-7H2,1-3H3. The highest BCUT2D eigenvalue weighted by molar-refractivity contribution is 5.50. The highest BCUT2D eigenvalue weighted by atomic mass is 16.7. The molecule has 0 bridgehead atoms. The molecule has 3 nitrogen and oxygen atoms in total. The largest absolute Gasteiger partial charge is 0.449 e. The van der Waals surface area contributed by atoms with Crippen LogP contribution in [0.2, 0.25) is 0 Å². The molecule has 1 saturated heterocycles. The van der Waals surface area contributed by atoms with Crippen LogP contribution in [0.1, 0.15) is 50.3 Å². The van der Waals surface area contributed by atoms with E-state index in [2.05, 4.69) is 24.4 Å². The van der Waals surface area contributed by atoms with Crippen LogP contribution < -0.4 is 14.8 Å². The summed E-state index contributed by atoms with van der Waals surface area (Å²) in [7, 11) is 0. The average Bonchev–Trinajstić information content (AvgIpc) is 2.62. The summed E-state index contributed by atoms with van der Waals surface area (Å²) in [6, 6.07) is 4.73. The molecule has 1 atom stereocenters. The quantitative estimate of drug-likeness (QED) is 0.825. The molecule has 98 valence electrons. The molecule has 0 radical (unpaired) electrons. The van der Waals surface area contributed by atoms with Crippen molar-refractivity contribution in [3.05, 3.63) is 23.3 Å². The summed E-state index contributed by atoms with van der Waals surface area (Å²) in [4.78, 5) is 0. The maximum atomic E-state index is 5.83. The van der Waals surface area contributed by atoms with E-state index in [4.69, 9.17) is 9.47 Å². The minimum atomic E-state index is -0.534. The molecule has 1 aromatic carbocycles. The number of ether oxygens (including phenoxy) is 2. The molecule has 1 N–H and O–H groups in total. The van der Waals surface area contributed by atoms with Gasteiger partial charge in [0, 0.05) is 19.9 Å². The van der Waals surface area contributed by atoms with Gasteiger partial charge in [-0.05, 0) is 49.6 Å². The van der Waals surface area contributed by atoms with E-state index in [0.717, 1.165) is 18.0 Å². The predicted octanol–water partition coefficient (Wildman–Crippen LogP) is 3.32. The van der Waals surface area contributed by atoms with Crippen molar-refractivity contribution in [3.63, 3.8) is 0 Å². The van der Waals surface area contributed by atoms with Gasteiger partial charge in [0.15, 0.2) is 11.5 Å². The van der Waals surface area contributed by atoms with E-state index >= 15 is 0 Å². The summed E-state index contributed by atoms with van der Waals surface area (Å²) in [5, 5.41) is 3.59. The van der Waals surface area contributed by atoms with Gasteiger partial charge >= 0.3 is 0 Å². The lowest BCUT2D eigenvalue weighted by Gasteiger charge is -2.25. The van der Waals surface area contributed by atoms with Gasteiger partial charge in [0.05, 0.1) is 0 Å². The highest BCUT2D eigenvalue weighted by Crippen LogP contribution is 2.42. The SMILES string of the molecule is Cc1cc2c(cc1C1CCCCN1)OC(C)(C)O2. The van der Waals surface area contributed by atoms with Crippen LogP contribution in [0.25, 0.3) is 0 Å². The summed E-state index contributed by atoms with van der Waals surface area (Å²) in [6.07, 6.45) is 3.80. The number of aryl methyl sites for hydroxylation is 1. The molecular formula is C15H21NO2. The number of nitrogens with one attached hydrogen (secondary N) is 1. The third-order valence-electron chi connectivity index (χ3n) is 3.73. The van der Waals surface area contributed by atoms with E-state index in [1.807, 2.05) is 13.8 Å². The summed E-state index contributed by atoms with van der Waals surface area (Å²) in [6.45, 7) is 7.16. The van der Waals surface area contributed by atoms with E-state index < -0.39 is 5.79 Å². The fraction of sp³-hybridized carbons (Fsp3) is 0.600. The molecule has 0 aromatic heterocycles. The smallest absolute Gasteiger partial charge is 0.246 e. The van der Waals surface area contributed by atoms with E-state index in [1.54, 1.807) is 0 Å². The first kappa shape index (κ1) is 11.8. The van der Waals surface area contributed by atoms with Crippen LogP contribution in [0.15, 0.2) is 12.1 Å². The third-order valence-corrected chi connectivity index (χ3v) is 3.73. The van der Waals surface area contributed by atoms with Gasteiger partial charge in [0.2, 0.25) is 5.79 Å². The Kier molecular flexibility index (Phi) is 2.74. The van der Waals surface area contributed by atoms with Crippen molar-refractivity contribution in [3.8, 4) is 11.5 Å². The summed E-state index contributed by atoms with van der Waals surface area (Å²) >= 11 is 0. The van der Waals surface area contributed by atoms with Crippen molar-refractivity contribution in [1.82, 2.24) is 5.32 Å². The molecule has 2 aliphatic heterocycles. The van der Waals surface area contributed by atoms with Gasteiger partial charge in [0.25, 0.3) is 0 Å². The molecule has 1 fully saturated rings. The first-order valence-electron chi connectivity index (χ1n) is 6.81. The van der Waals surface area contributed by atoms with Gasteiger partial charge < -0.3 is 14.8 Å². The van der Waals surface area contributed by atoms with Gasteiger partial charge in [-0.2, -0.15) is 0 Å². The van der Waals surface area contributed by atoms with Crippen LogP contribution in [0.5, 0.6) is 11.5 Å². The zero-order chi connectivity index (χ0) is 12.8. The average molecular weight is 247 g/mol. The van der Waals surface area contributed by atoms with Gasteiger partial charge in [-0.3, -0.25) is 0 Å². The minimum absolute atomic E-state index is 0.469. The number of hydrogen-bond donors (Lipinski definition) is 1. The molecule has 18 heavy (non-hydrogen) atoms. The van der Waals surface area contributed by atoms with Gasteiger partial charge in [0.1, 0.15) is 0 Å². The Hall–Kier alpha value is -1.22. The molecule has 3 heteroatoms. The topological polar surface area (TPSA) is 30.5 Å². The first-order chi connectivity index (χ1) is 8.55. The molecule has 1 unspecified atom stereocenters. The van der Waals surface area contributed by atoms with Gasteiger partial charge in [-0.15, -0.1) is 0 Å². The van der Waals surface area contributed by atoms with E-state index in [9.17, 15) is 0 Å². The molecule has 2 heterocycles. The van der Waals surface area contributed by atoms with Crippen molar-refractivity contribution >= 4 is 0 Å². The predicted molar refractivity (Wildman–Crippen MR) is 71.1 cm³/mol. The van der Waals surface area contributed by atoms with Crippen LogP contribution in [0, 0.1) is 6.92 Å². The van der Waals surface area contributed by atoms with Crippen molar-refractivity contribution < 1.29 is 9.47 Å². The third kappa shape index (κ3) is 2.07. The van der Waals surface area contributed by atoms with Crippen LogP contribution in [0.4, 0.5) is 0 Å². The Bertz CT molecular complexity index is 462. The lowest BCUT2D eigenvalue weighted by atomic mass is 9.94. The number of fused-ring (bicyclic) bond motifs is 1. The second-order valence-electron chi connectivity index (χ2n) is 5.76. The molecule has 0 amide bonds. The molecule has 0 spiro atoms. The van der Waals surface area contributed by atoms with Gasteiger partial charge in [-0.1, -0.05) is 6.42 Å². The monoisotopic (exact) mass is 247 g/mol. The van der Waals surface area contributed by atoms with E-state index in [-0.39, 0.29) is 0 Å². The van der Waals surface area contributed by atoms with Crippen molar-refractivity contribution in [1.29, 1.82) is 0 Å². The van der Waals surface area contributed by atoms with Crippen molar-refractivity contribution in [2.75, 3.05) is 6.54 Å². The zero-order valence-electron chi connectivity index (χ0n) is 11.4. The molecular weight excluding hydrogens is 226 g/mol. The molecule has 3 rings (SSSR count). The second kappa shape index (κ2) is 4.16. The minimum Gasteiger partial charge on any atom is -0.449 e. The van der Waals surface area contributed by atoms with E-state index in [0.29, 0.717) is 6.04 Å². The summed E-state index contributed by atoms with van der Waals surface area (Å²) in [5.74, 6) is 1.22. The molecule has 0 aliphatic carbocycles. The normalized spacial score (nSPS) is 25.2. The number of hydrogen-bond acceptors (Lipinski definition) is 3. The highest BCUT2D eigenvalue weighted by Gasteiger charge is 2.33. The van der Waals surface area contributed by atoms with Crippen LogP contribution in [-0.4, -0.2) is 12.3 Å². The zero-order valence-corrected chi connectivity index (χ0v) is 11.4. The Morgan fingerprint density at radius 3 is 2.56 bits per heavy atom. The number of benzene rings is 1. The van der Waals surface area contributed by atoms with E-state index in [1.165, 1.54) is 30.4 Å². The Balaban J connectivity index is 1.93. The number of piperidine rings is 1. The maximum Gasteiger partial charge on any atom is 0.246 e. The molecule has 0 saturated carbocycles. The van der Waals surface area contributed by atoms with Crippen molar-refractivity contribution in [2.45, 2.75) is 51.9 Å². The maximum absolute atomic E-state index is 5.83. The fourth-order valence-corrected chi connectivity index (χ4v) is 2.88. The lowest BCUT2D eigenvalue weighted by molar-refractivity contribution is -0.0431. The Labute approximate surface area is 108 Å². The van der Waals surface area contributed by atoms with Crippen LogP contribution in [-0.2, 0) is 0 Å². The fourth-order valence-electron chi connectivity index (χ4n) is 2.88. The second-order valence-corrected chi connectivity index (χ2v) is 5.76. The van der Waals surface area contributed by atoms with Crippen LogP contribution in [0.3, 0.4) is 0 Å². The summed E-state index contributed by atoms with van der Waals surface area (Å²) < 4.78 is 11.6. The number of rotatable bonds is 1. The molecule has 2 aliphatic rings. The van der Waals surface area contributed by atoms with Crippen LogP contribution >= 0.6 is 0 Å². The molecule has 1 aromatic rings. The van der Waals surface area contributed by atoms with Gasteiger partial charge in [-0.25, -0.2) is 0 Å². The Morgan fingerprint density at radius 1 is 1.17 bits per heavy atom. The first-order valence-corrected chi connectivity index (χ1v) is 6.81. The summed E-state index contributed by atoms with van der Waals surface area (Å²) in [5.41, 5.74) is 2.64. The van der Waals surface area contributed by atoms with Crippen molar-refractivity contribution in [2.24, 2.45) is 0 Å².